The Hall–Kier alpha value is -0.810. The average Bonchev–Trinajstić information content (AvgIpc) is 2.77. The van der Waals surface area contributed by atoms with E-state index in [0.29, 0.717) is 5.25 Å². The zero-order chi connectivity index (χ0) is 9.54. The lowest BCUT2D eigenvalue weighted by molar-refractivity contribution is 0.675. The summed E-state index contributed by atoms with van der Waals surface area (Å²) in [5.74, 6) is 1.02. The fourth-order valence-corrected chi connectivity index (χ4v) is 3.28. The molecule has 72 valence electrons. The highest BCUT2D eigenvalue weighted by Gasteiger charge is 2.24. The first-order valence-corrected chi connectivity index (χ1v) is 6.24. The SMILES string of the molecule is C[C@@H]1Cn2c(nnc2-c2cccs2)S1. The Morgan fingerprint density at radius 3 is 3.21 bits per heavy atom. The van der Waals surface area contributed by atoms with E-state index in [-0.39, 0.29) is 0 Å². The Bertz CT molecular complexity index is 447. The maximum atomic E-state index is 4.22. The third kappa shape index (κ3) is 1.19. The van der Waals surface area contributed by atoms with Gasteiger partial charge in [0.15, 0.2) is 11.0 Å². The van der Waals surface area contributed by atoms with E-state index in [9.17, 15) is 0 Å². The molecule has 0 radical (unpaired) electrons. The van der Waals surface area contributed by atoms with E-state index in [0.717, 1.165) is 17.5 Å². The molecule has 0 saturated heterocycles. The molecule has 0 N–H and O–H groups in total. The van der Waals surface area contributed by atoms with E-state index >= 15 is 0 Å². The van der Waals surface area contributed by atoms with Crippen molar-refractivity contribution in [2.45, 2.75) is 23.9 Å². The van der Waals surface area contributed by atoms with Crippen LogP contribution >= 0.6 is 23.1 Å². The minimum atomic E-state index is 0.624. The van der Waals surface area contributed by atoms with Crippen LogP contribution in [0.3, 0.4) is 0 Å². The van der Waals surface area contributed by atoms with Crippen molar-refractivity contribution in [2.75, 3.05) is 0 Å². The second-order valence-electron chi connectivity index (χ2n) is 3.32. The van der Waals surface area contributed by atoms with E-state index < -0.39 is 0 Å². The van der Waals surface area contributed by atoms with E-state index in [1.54, 1.807) is 23.1 Å². The molecule has 1 aliphatic rings. The van der Waals surface area contributed by atoms with Crippen LogP contribution < -0.4 is 0 Å². The smallest absolute Gasteiger partial charge is 0.191 e. The van der Waals surface area contributed by atoms with Gasteiger partial charge in [0.25, 0.3) is 0 Å². The molecule has 14 heavy (non-hydrogen) atoms. The minimum Gasteiger partial charge on any atom is -0.300 e. The number of thiophene rings is 1. The van der Waals surface area contributed by atoms with Crippen LogP contribution in [0.5, 0.6) is 0 Å². The summed E-state index contributed by atoms with van der Waals surface area (Å²) in [6.45, 7) is 3.25. The highest BCUT2D eigenvalue weighted by atomic mass is 32.2. The van der Waals surface area contributed by atoms with Gasteiger partial charge in [-0.3, -0.25) is 0 Å². The van der Waals surface area contributed by atoms with E-state index in [4.69, 9.17) is 0 Å². The Labute approximate surface area is 90.2 Å². The van der Waals surface area contributed by atoms with Crippen LogP contribution in [0.2, 0.25) is 0 Å². The topological polar surface area (TPSA) is 30.7 Å². The predicted molar refractivity (Wildman–Crippen MR) is 58.7 cm³/mol. The Morgan fingerprint density at radius 1 is 1.50 bits per heavy atom. The maximum absolute atomic E-state index is 4.22. The zero-order valence-electron chi connectivity index (χ0n) is 7.67. The van der Waals surface area contributed by atoms with Crippen molar-refractivity contribution >= 4 is 23.1 Å². The molecule has 0 saturated carbocycles. The quantitative estimate of drug-likeness (QED) is 0.744. The molecule has 0 aromatic carbocycles. The van der Waals surface area contributed by atoms with Crippen molar-refractivity contribution in [3.05, 3.63) is 17.5 Å². The van der Waals surface area contributed by atoms with Crippen molar-refractivity contribution in [3.63, 3.8) is 0 Å². The molecule has 0 amide bonds. The first-order chi connectivity index (χ1) is 6.84. The lowest BCUT2D eigenvalue weighted by Crippen LogP contribution is -2.01. The normalized spacial score (nSPS) is 19.9. The first-order valence-electron chi connectivity index (χ1n) is 4.48. The number of nitrogens with zero attached hydrogens (tertiary/aromatic N) is 3. The molecule has 3 nitrogen and oxygen atoms in total. The molecule has 0 aliphatic carbocycles. The second-order valence-corrected chi connectivity index (χ2v) is 5.68. The first kappa shape index (κ1) is 8.49. The van der Waals surface area contributed by atoms with Crippen LogP contribution in [0.25, 0.3) is 10.7 Å². The van der Waals surface area contributed by atoms with Crippen molar-refractivity contribution in [2.24, 2.45) is 0 Å². The molecule has 0 bridgehead atoms. The van der Waals surface area contributed by atoms with Gasteiger partial charge < -0.3 is 4.57 Å². The summed E-state index contributed by atoms with van der Waals surface area (Å²) in [5.41, 5.74) is 0. The third-order valence-corrected chi connectivity index (χ3v) is 4.13. The van der Waals surface area contributed by atoms with E-state index in [1.807, 2.05) is 6.07 Å². The summed E-state index contributed by atoms with van der Waals surface area (Å²) in [7, 11) is 0. The highest BCUT2D eigenvalue weighted by Crippen LogP contribution is 2.34. The lowest BCUT2D eigenvalue weighted by atomic mass is 10.4. The molecule has 0 unspecified atom stereocenters. The van der Waals surface area contributed by atoms with Gasteiger partial charge in [0.2, 0.25) is 0 Å². The molecular weight excluding hydrogens is 214 g/mol. The van der Waals surface area contributed by atoms with Crippen LogP contribution in [0, 0.1) is 0 Å². The molecular formula is C9H9N3S2. The highest BCUT2D eigenvalue weighted by molar-refractivity contribution is 7.99. The monoisotopic (exact) mass is 223 g/mol. The molecule has 0 fully saturated rings. The van der Waals surface area contributed by atoms with Gasteiger partial charge >= 0.3 is 0 Å². The van der Waals surface area contributed by atoms with Crippen molar-refractivity contribution < 1.29 is 0 Å². The summed E-state index contributed by atoms with van der Waals surface area (Å²) in [6.07, 6.45) is 0. The van der Waals surface area contributed by atoms with Crippen molar-refractivity contribution in [1.82, 2.24) is 14.8 Å². The van der Waals surface area contributed by atoms with Gasteiger partial charge in [0.1, 0.15) is 0 Å². The molecule has 3 heterocycles. The molecule has 3 rings (SSSR count). The summed E-state index contributed by atoms with van der Waals surface area (Å²) >= 11 is 3.52. The summed E-state index contributed by atoms with van der Waals surface area (Å²) < 4.78 is 2.21. The molecule has 2 aromatic heterocycles. The predicted octanol–water partition coefficient (Wildman–Crippen LogP) is 2.50. The van der Waals surface area contributed by atoms with Gasteiger partial charge in [0, 0.05) is 11.8 Å². The van der Waals surface area contributed by atoms with Gasteiger partial charge in [-0.15, -0.1) is 21.5 Å². The third-order valence-electron chi connectivity index (χ3n) is 2.20. The van der Waals surface area contributed by atoms with Crippen LogP contribution in [-0.4, -0.2) is 20.0 Å². The average molecular weight is 223 g/mol. The van der Waals surface area contributed by atoms with E-state index in [1.165, 1.54) is 4.88 Å². The van der Waals surface area contributed by atoms with Gasteiger partial charge in [-0.05, 0) is 11.4 Å². The number of hydrogen-bond donors (Lipinski definition) is 0. The Balaban J connectivity index is 2.10. The molecule has 1 atom stereocenters. The lowest BCUT2D eigenvalue weighted by Gasteiger charge is -2.00. The Kier molecular flexibility index (Phi) is 1.88. The Morgan fingerprint density at radius 2 is 2.43 bits per heavy atom. The van der Waals surface area contributed by atoms with Gasteiger partial charge in [0.05, 0.1) is 4.88 Å². The minimum absolute atomic E-state index is 0.624. The van der Waals surface area contributed by atoms with Crippen molar-refractivity contribution in [3.8, 4) is 10.7 Å². The van der Waals surface area contributed by atoms with Crippen LogP contribution in [-0.2, 0) is 6.54 Å². The number of fused-ring (bicyclic) bond motifs is 1. The number of thioether (sulfide) groups is 1. The maximum Gasteiger partial charge on any atom is 0.191 e. The van der Waals surface area contributed by atoms with Gasteiger partial charge in [-0.1, -0.05) is 24.8 Å². The number of aromatic nitrogens is 3. The number of hydrogen-bond acceptors (Lipinski definition) is 4. The fourth-order valence-electron chi connectivity index (χ4n) is 1.60. The van der Waals surface area contributed by atoms with Crippen LogP contribution in [0.15, 0.2) is 22.7 Å². The zero-order valence-corrected chi connectivity index (χ0v) is 9.31. The van der Waals surface area contributed by atoms with Crippen LogP contribution in [0.4, 0.5) is 0 Å². The van der Waals surface area contributed by atoms with E-state index in [2.05, 4.69) is 33.1 Å². The molecule has 2 aromatic rings. The summed E-state index contributed by atoms with van der Waals surface area (Å²) in [5, 5.41) is 12.2. The standard InChI is InChI=1S/C9H9N3S2/c1-6-5-12-8(7-3-2-4-13-7)10-11-9(12)14-6/h2-4,6H,5H2,1H3/t6-/m1/s1. The fraction of sp³-hybridized carbons (Fsp3) is 0.333. The number of rotatable bonds is 1. The molecule has 1 aliphatic heterocycles. The van der Waals surface area contributed by atoms with Gasteiger partial charge in [-0.25, -0.2) is 0 Å². The van der Waals surface area contributed by atoms with Crippen molar-refractivity contribution in [1.29, 1.82) is 0 Å². The summed E-state index contributed by atoms with van der Waals surface area (Å²) in [6, 6.07) is 4.14. The van der Waals surface area contributed by atoms with Gasteiger partial charge in [-0.2, -0.15) is 0 Å². The van der Waals surface area contributed by atoms with Crippen LogP contribution in [0.1, 0.15) is 6.92 Å². The second kappa shape index (κ2) is 3.10. The molecule has 0 spiro atoms. The molecule has 5 heteroatoms. The largest absolute Gasteiger partial charge is 0.300 e. The summed E-state index contributed by atoms with van der Waals surface area (Å²) in [4.78, 5) is 1.21.